The van der Waals surface area contributed by atoms with Crippen LogP contribution >= 0.6 is 12.2 Å². The second kappa shape index (κ2) is 6.15. The average Bonchev–Trinajstić information content (AvgIpc) is 3.00. The van der Waals surface area contributed by atoms with Crippen LogP contribution in [0.4, 0.5) is 4.39 Å². The fraction of sp³-hybridized carbons (Fsp3) is 0.118. The largest absolute Gasteiger partial charge is 0.364 e. The molecule has 0 bridgehead atoms. The number of hydrazine groups is 1. The Morgan fingerprint density at radius 2 is 1.82 bits per heavy atom. The van der Waals surface area contributed by atoms with Gasteiger partial charge in [-0.05, 0) is 29.9 Å². The topological polar surface area (TPSA) is 27.3 Å². The van der Waals surface area contributed by atoms with Gasteiger partial charge < -0.3 is 5.32 Å². The van der Waals surface area contributed by atoms with E-state index < -0.39 is 0 Å². The van der Waals surface area contributed by atoms with Gasteiger partial charge in [-0.2, -0.15) is 0 Å². The maximum atomic E-state index is 14.2. The molecule has 0 amide bonds. The first-order valence-corrected chi connectivity index (χ1v) is 7.41. The summed E-state index contributed by atoms with van der Waals surface area (Å²) in [6, 6.07) is 16.4. The third kappa shape index (κ3) is 2.67. The van der Waals surface area contributed by atoms with Crippen molar-refractivity contribution in [2.45, 2.75) is 6.04 Å². The normalized spacial score (nSPS) is 16.9. The van der Waals surface area contributed by atoms with E-state index in [2.05, 4.69) is 10.7 Å². The molecule has 2 N–H and O–H groups in total. The SMILES string of the molecule is CNC(=S)N1NC(c2ccccc2)=C[C@H]1c1ccccc1F. The van der Waals surface area contributed by atoms with E-state index in [9.17, 15) is 4.39 Å². The molecule has 0 aromatic heterocycles. The van der Waals surface area contributed by atoms with Gasteiger partial charge in [0.05, 0.1) is 5.70 Å². The molecule has 3 nitrogen and oxygen atoms in total. The van der Waals surface area contributed by atoms with Crippen LogP contribution in [0, 0.1) is 5.82 Å². The number of hydrogen-bond donors (Lipinski definition) is 2. The quantitative estimate of drug-likeness (QED) is 0.833. The molecule has 0 saturated heterocycles. The minimum atomic E-state index is -0.295. The van der Waals surface area contributed by atoms with Crippen LogP contribution in [0.15, 0.2) is 60.7 Å². The van der Waals surface area contributed by atoms with Crippen molar-refractivity contribution in [1.82, 2.24) is 15.8 Å². The van der Waals surface area contributed by atoms with E-state index in [1.807, 2.05) is 42.5 Å². The number of rotatable bonds is 2. The lowest BCUT2D eigenvalue weighted by atomic mass is 10.0. The van der Waals surface area contributed by atoms with Crippen molar-refractivity contribution >= 4 is 23.0 Å². The van der Waals surface area contributed by atoms with Crippen molar-refractivity contribution in [3.63, 3.8) is 0 Å². The maximum Gasteiger partial charge on any atom is 0.188 e. The molecule has 0 fully saturated rings. The number of benzene rings is 2. The Balaban J connectivity index is 2.01. The van der Waals surface area contributed by atoms with Crippen molar-refractivity contribution < 1.29 is 4.39 Å². The smallest absolute Gasteiger partial charge is 0.188 e. The van der Waals surface area contributed by atoms with E-state index in [4.69, 9.17) is 12.2 Å². The molecular weight excluding hydrogens is 297 g/mol. The van der Waals surface area contributed by atoms with E-state index in [0.29, 0.717) is 10.7 Å². The standard InChI is InChI=1S/C17H16FN3S/c1-19-17(22)21-16(13-9-5-6-10-14(13)18)11-15(20-21)12-7-3-2-4-8-12/h2-11,16,20H,1H3,(H,19,22)/t16-/m0/s1. The third-order valence-electron chi connectivity index (χ3n) is 3.58. The van der Waals surface area contributed by atoms with Gasteiger partial charge in [0.25, 0.3) is 0 Å². The molecule has 0 saturated carbocycles. The zero-order valence-electron chi connectivity index (χ0n) is 12.1. The van der Waals surface area contributed by atoms with Crippen molar-refractivity contribution in [1.29, 1.82) is 0 Å². The highest BCUT2D eigenvalue weighted by Gasteiger charge is 2.29. The molecule has 5 heteroatoms. The summed E-state index contributed by atoms with van der Waals surface area (Å²) >= 11 is 5.33. The first kappa shape index (κ1) is 14.5. The van der Waals surface area contributed by atoms with Crippen molar-refractivity contribution in [3.05, 3.63) is 77.6 Å². The lowest BCUT2D eigenvalue weighted by Crippen LogP contribution is -2.44. The summed E-state index contributed by atoms with van der Waals surface area (Å²) in [6.07, 6.45) is 1.98. The predicted octanol–water partition coefficient (Wildman–Crippen LogP) is 3.23. The zero-order valence-corrected chi connectivity index (χ0v) is 12.9. The second-order valence-corrected chi connectivity index (χ2v) is 5.34. The van der Waals surface area contributed by atoms with Crippen LogP contribution in [0.5, 0.6) is 0 Å². The van der Waals surface area contributed by atoms with Gasteiger partial charge in [-0.3, -0.25) is 10.4 Å². The molecule has 3 rings (SSSR count). The van der Waals surface area contributed by atoms with Crippen molar-refractivity contribution in [2.75, 3.05) is 7.05 Å². The lowest BCUT2D eigenvalue weighted by Gasteiger charge is -2.27. The number of thiocarbonyl (C=S) groups is 1. The summed E-state index contributed by atoms with van der Waals surface area (Å²) < 4.78 is 14.2. The molecule has 0 spiro atoms. The fourth-order valence-corrected chi connectivity index (χ4v) is 2.65. The number of hydrogen-bond acceptors (Lipinski definition) is 2. The molecule has 1 heterocycles. The van der Waals surface area contributed by atoms with Crippen LogP contribution in [-0.4, -0.2) is 17.2 Å². The third-order valence-corrected chi connectivity index (χ3v) is 3.99. The molecule has 1 atom stereocenters. The monoisotopic (exact) mass is 313 g/mol. The van der Waals surface area contributed by atoms with Crippen molar-refractivity contribution in [2.24, 2.45) is 0 Å². The highest BCUT2D eigenvalue weighted by atomic mass is 32.1. The molecule has 22 heavy (non-hydrogen) atoms. The van der Waals surface area contributed by atoms with Crippen molar-refractivity contribution in [3.8, 4) is 0 Å². The van der Waals surface area contributed by atoms with E-state index >= 15 is 0 Å². The van der Waals surface area contributed by atoms with E-state index in [0.717, 1.165) is 11.3 Å². The molecule has 2 aromatic rings. The van der Waals surface area contributed by atoms with Crippen LogP contribution < -0.4 is 10.7 Å². The number of halogens is 1. The van der Waals surface area contributed by atoms with Gasteiger partial charge in [0.1, 0.15) is 11.9 Å². The Bertz CT molecular complexity index is 715. The summed E-state index contributed by atoms with van der Waals surface area (Å²) in [5.74, 6) is -0.247. The molecule has 0 unspecified atom stereocenters. The van der Waals surface area contributed by atoms with E-state index in [1.54, 1.807) is 24.2 Å². The molecule has 112 valence electrons. The fourth-order valence-electron chi connectivity index (χ4n) is 2.49. The molecule has 1 aliphatic rings. The molecule has 0 aliphatic carbocycles. The Hall–Kier alpha value is -2.40. The second-order valence-electron chi connectivity index (χ2n) is 4.95. The van der Waals surface area contributed by atoms with Crippen LogP contribution in [-0.2, 0) is 0 Å². The van der Waals surface area contributed by atoms with Crippen LogP contribution in [0.25, 0.3) is 5.70 Å². The number of nitrogens with zero attached hydrogens (tertiary/aromatic N) is 1. The highest BCUT2D eigenvalue weighted by molar-refractivity contribution is 7.80. The Labute approximate surface area is 134 Å². The Morgan fingerprint density at radius 3 is 2.50 bits per heavy atom. The molecule has 0 radical (unpaired) electrons. The Morgan fingerprint density at radius 1 is 1.14 bits per heavy atom. The van der Waals surface area contributed by atoms with Gasteiger partial charge in [-0.25, -0.2) is 4.39 Å². The van der Waals surface area contributed by atoms with Gasteiger partial charge in [-0.15, -0.1) is 0 Å². The summed E-state index contributed by atoms with van der Waals surface area (Å²) in [6.45, 7) is 0. The summed E-state index contributed by atoms with van der Waals surface area (Å²) in [5, 5.41) is 5.21. The van der Waals surface area contributed by atoms with E-state index in [-0.39, 0.29) is 11.9 Å². The van der Waals surface area contributed by atoms with Crippen LogP contribution in [0.3, 0.4) is 0 Å². The number of nitrogens with one attached hydrogen (secondary N) is 2. The molecule has 2 aromatic carbocycles. The highest BCUT2D eigenvalue weighted by Crippen LogP contribution is 2.32. The first-order chi connectivity index (χ1) is 10.7. The first-order valence-electron chi connectivity index (χ1n) is 7.00. The Kier molecular flexibility index (Phi) is 4.06. The van der Waals surface area contributed by atoms with E-state index in [1.165, 1.54) is 6.07 Å². The molecular formula is C17H16FN3S. The van der Waals surface area contributed by atoms with Crippen LogP contribution in [0.2, 0.25) is 0 Å². The summed E-state index contributed by atoms with van der Waals surface area (Å²) in [5.41, 5.74) is 5.78. The van der Waals surface area contributed by atoms with Gasteiger partial charge >= 0.3 is 0 Å². The summed E-state index contributed by atoms with van der Waals surface area (Å²) in [7, 11) is 1.75. The average molecular weight is 313 g/mol. The van der Waals surface area contributed by atoms with Gasteiger partial charge in [0.2, 0.25) is 0 Å². The van der Waals surface area contributed by atoms with Crippen LogP contribution in [0.1, 0.15) is 17.2 Å². The maximum absolute atomic E-state index is 14.2. The minimum absolute atomic E-state index is 0.247. The zero-order chi connectivity index (χ0) is 15.5. The van der Waals surface area contributed by atoms with Gasteiger partial charge in [0.15, 0.2) is 5.11 Å². The van der Waals surface area contributed by atoms with Gasteiger partial charge in [-0.1, -0.05) is 48.5 Å². The predicted molar refractivity (Wildman–Crippen MR) is 90.2 cm³/mol. The minimum Gasteiger partial charge on any atom is -0.364 e. The summed E-state index contributed by atoms with van der Waals surface area (Å²) in [4.78, 5) is 0. The molecule has 1 aliphatic heterocycles. The van der Waals surface area contributed by atoms with Gasteiger partial charge in [0, 0.05) is 12.6 Å². The lowest BCUT2D eigenvalue weighted by molar-refractivity contribution is 0.332.